The molecule has 4 aromatic heterocycles. The third kappa shape index (κ3) is 2.75. The fourth-order valence-corrected chi connectivity index (χ4v) is 4.13. The lowest BCUT2D eigenvalue weighted by atomic mass is 10.2. The van der Waals surface area contributed by atoms with Gasteiger partial charge in [-0.15, -0.1) is 4.80 Å². The third-order valence-electron chi connectivity index (χ3n) is 5.30. The Hall–Kier alpha value is -4.25. The fraction of sp³-hybridized carbons (Fsp3) is 0.0476. The van der Waals surface area contributed by atoms with Crippen molar-refractivity contribution < 1.29 is 13.6 Å². The number of rotatable bonds is 3. The van der Waals surface area contributed by atoms with Gasteiger partial charge in [0.15, 0.2) is 5.82 Å². The lowest BCUT2D eigenvalue weighted by Crippen LogP contribution is -2.38. The summed E-state index contributed by atoms with van der Waals surface area (Å²) in [5.41, 5.74) is 0.0656. The molecule has 0 aliphatic carbocycles. The van der Waals surface area contributed by atoms with Crippen LogP contribution in [-0.2, 0) is 6.05 Å². The molecule has 1 aliphatic heterocycles. The lowest BCUT2D eigenvalue weighted by molar-refractivity contribution is -0.00271. The highest BCUT2D eigenvalue weighted by molar-refractivity contribution is 6.32. The molecule has 1 aliphatic rings. The van der Waals surface area contributed by atoms with Crippen molar-refractivity contribution in [3.8, 4) is 11.5 Å². The molecule has 33 heavy (non-hydrogen) atoms. The molecule has 5 aromatic rings. The molecule has 162 valence electrons. The second kappa shape index (κ2) is 6.87. The molecule has 0 radical (unpaired) electrons. The van der Waals surface area contributed by atoms with Gasteiger partial charge in [0.05, 0.1) is 52.3 Å². The van der Waals surface area contributed by atoms with Crippen molar-refractivity contribution >= 4 is 34.1 Å². The normalized spacial score (nSPS) is 14.8. The van der Waals surface area contributed by atoms with Crippen molar-refractivity contribution in [2.75, 3.05) is 4.90 Å². The van der Waals surface area contributed by atoms with Gasteiger partial charge in [-0.05, 0) is 18.2 Å². The minimum atomic E-state index is -3.72. The minimum absolute atomic E-state index is 0.00464. The first kappa shape index (κ1) is 19.4. The van der Waals surface area contributed by atoms with Crippen molar-refractivity contribution in [3.05, 3.63) is 83.7 Å². The second-order valence-electron chi connectivity index (χ2n) is 7.17. The summed E-state index contributed by atoms with van der Waals surface area (Å²) < 4.78 is 32.6. The molecule has 0 saturated carbocycles. The standard InChI is InChI=1S/C21H11ClF2N8O/c22-15-9-12(10-26-19(15)32-27-7-8-28-32)30-20(33)14-11-29-31(18(14)21(30,23)24)17-5-6-25-16-4-2-1-3-13(16)17/h1-11H. The van der Waals surface area contributed by atoms with Crippen LogP contribution in [0.15, 0.2) is 67.4 Å². The van der Waals surface area contributed by atoms with Gasteiger partial charge in [0.25, 0.3) is 5.91 Å². The van der Waals surface area contributed by atoms with Crippen LogP contribution in [0, 0.1) is 0 Å². The Morgan fingerprint density at radius 1 is 0.939 bits per heavy atom. The number of anilines is 1. The van der Waals surface area contributed by atoms with E-state index in [4.69, 9.17) is 11.6 Å². The van der Waals surface area contributed by atoms with E-state index in [9.17, 15) is 4.79 Å². The number of pyridine rings is 2. The fourth-order valence-electron chi connectivity index (χ4n) is 3.89. The summed E-state index contributed by atoms with van der Waals surface area (Å²) in [6.45, 7) is 0. The van der Waals surface area contributed by atoms with Crippen molar-refractivity contribution in [1.29, 1.82) is 0 Å². The molecule has 1 aromatic carbocycles. The van der Waals surface area contributed by atoms with E-state index in [1.807, 2.05) is 0 Å². The number of alkyl halides is 2. The number of carbonyl (C=O) groups excluding carboxylic acids is 1. The van der Waals surface area contributed by atoms with E-state index < -0.39 is 17.6 Å². The molecule has 0 fully saturated rings. The molecule has 6 rings (SSSR count). The number of aromatic nitrogens is 7. The first-order valence-electron chi connectivity index (χ1n) is 9.64. The van der Waals surface area contributed by atoms with E-state index in [-0.39, 0.29) is 22.1 Å². The Bertz CT molecular complexity index is 1540. The second-order valence-corrected chi connectivity index (χ2v) is 7.57. The zero-order valence-electron chi connectivity index (χ0n) is 16.5. The summed E-state index contributed by atoms with van der Waals surface area (Å²) in [6.07, 6.45) is 6.62. The minimum Gasteiger partial charge on any atom is -0.268 e. The average Bonchev–Trinajstić information content (AvgIpc) is 3.52. The van der Waals surface area contributed by atoms with Gasteiger partial charge >= 0.3 is 6.05 Å². The molecule has 0 bridgehead atoms. The third-order valence-corrected chi connectivity index (χ3v) is 5.57. The number of nitrogens with zero attached hydrogens (tertiary/aromatic N) is 8. The number of amides is 1. The Kier molecular flexibility index (Phi) is 4.05. The van der Waals surface area contributed by atoms with Crippen molar-refractivity contribution in [1.82, 2.24) is 34.7 Å². The average molecular weight is 465 g/mol. The maximum Gasteiger partial charge on any atom is 0.376 e. The predicted molar refractivity (Wildman–Crippen MR) is 114 cm³/mol. The summed E-state index contributed by atoms with van der Waals surface area (Å²) in [5, 5.41) is 12.6. The van der Waals surface area contributed by atoms with E-state index in [2.05, 4.69) is 25.3 Å². The van der Waals surface area contributed by atoms with Crippen LogP contribution >= 0.6 is 11.6 Å². The van der Waals surface area contributed by atoms with Gasteiger partial charge in [0.1, 0.15) is 5.69 Å². The molecule has 0 unspecified atom stereocenters. The number of fused-ring (bicyclic) bond motifs is 2. The number of para-hydroxylation sites is 1. The lowest BCUT2D eigenvalue weighted by Gasteiger charge is -2.25. The van der Waals surface area contributed by atoms with E-state index in [1.165, 1.54) is 24.7 Å². The summed E-state index contributed by atoms with van der Waals surface area (Å²) in [4.78, 5) is 22.9. The molecule has 0 saturated heterocycles. The van der Waals surface area contributed by atoms with Crippen LogP contribution < -0.4 is 4.90 Å². The van der Waals surface area contributed by atoms with E-state index in [0.29, 0.717) is 21.5 Å². The van der Waals surface area contributed by atoms with Crippen molar-refractivity contribution in [3.63, 3.8) is 0 Å². The Labute approximate surface area is 188 Å². The number of halogens is 3. The van der Waals surface area contributed by atoms with Crippen LogP contribution in [0.2, 0.25) is 5.02 Å². The quantitative estimate of drug-likeness (QED) is 0.377. The zero-order valence-corrected chi connectivity index (χ0v) is 17.2. The topological polar surface area (TPSA) is 94.6 Å². The van der Waals surface area contributed by atoms with Gasteiger partial charge < -0.3 is 0 Å². The van der Waals surface area contributed by atoms with Gasteiger partial charge in [-0.3, -0.25) is 9.78 Å². The van der Waals surface area contributed by atoms with E-state index in [1.54, 1.807) is 30.3 Å². The van der Waals surface area contributed by atoms with Gasteiger partial charge in [-0.2, -0.15) is 24.1 Å². The van der Waals surface area contributed by atoms with E-state index >= 15 is 8.78 Å². The highest BCUT2D eigenvalue weighted by Gasteiger charge is 2.56. The number of benzene rings is 1. The van der Waals surface area contributed by atoms with Crippen LogP contribution in [0.3, 0.4) is 0 Å². The first-order valence-corrected chi connectivity index (χ1v) is 10.0. The van der Waals surface area contributed by atoms with Crippen LogP contribution in [0.1, 0.15) is 16.1 Å². The molecular formula is C21H11ClF2N8O. The number of carbonyl (C=O) groups is 1. The maximum atomic E-state index is 15.8. The van der Waals surface area contributed by atoms with E-state index in [0.717, 1.165) is 21.9 Å². The Morgan fingerprint density at radius 2 is 1.73 bits per heavy atom. The first-order chi connectivity index (χ1) is 16.0. The van der Waals surface area contributed by atoms with Crippen molar-refractivity contribution in [2.24, 2.45) is 0 Å². The summed E-state index contributed by atoms with van der Waals surface area (Å²) in [7, 11) is 0. The monoisotopic (exact) mass is 464 g/mol. The van der Waals surface area contributed by atoms with Gasteiger partial charge in [0.2, 0.25) is 0 Å². The molecular weight excluding hydrogens is 454 g/mol. The number of hydrogen-bond acceptors (Lipinski definition) is 6. The van der Waals surface area contributed by atoms with Crippen LogP contribution in [0.4, 0.5) is 14.5 Å². The largest absolute Gasteiger partial charge is 0.376 e. The molecule has 9 nitrogen and oxygen atoms in total. The summed E-state index contributed by atoms with van der Waals surface area (Å²) in [6, 6.07) is 6.17. The highest BCUT2D eigenvalue weighted by Crippen LogP contribution is 2.46. The molecule has 0 atom stereocenters. The maximum absolute atomic E-state index is 15.8. The molecule has 5 heterocycles. The SMILES string of the molecule is O=C1c2cnn(-c3ccnc4ccccc34)c2C(F)(F)N1c1cnc(-n2nccn2)c(Cl)c1. The summed E-state index contributed by atoms with van der Waals surface area (Å²) in [5.74, 6) is -0.769. The van der Waals surface area contributed by atoms with Crippen LogP contribution in [-0.4, -0.2) is 40.6 Å². The smallest absolute Gasteiger partial charge is 0.268 e. The highest BCUT2D eigenvalue weighted by atomic mass is 35.5. The number of hydrogen-bond donors (Lipinski definition) is 0. The Morgan fingerprint density at radius 3 is 2.52 bits per heavy atom. The van der Waals surface area contributed by atoms with Crippen molar-refractivity contribution in [2.45, 2.75) is 6.05 Å². The van der Waals surface area contributed by atoms with Crippen LogP contribution in [0.5, 0.6) is 0 Å². The van der Waals surface area contributed by atoms with Crippen LogP contribution in [0.25, 0.3) is 22.4 Å². The van der Waals surface area contributed by atoms with Gasteiger partial charge in [0, 0.05) is 11.6 Å². The molecule has 1 amide bonds. The molecule has 0 spiro atoms. The van der Waals surface area contributed by atoms with Gasteiger partial charge in [-0.1, -0.05) is 29.8 Å². The summed E-state index contributed by atoms with van der Waals surface area (Å²) >= 11 is 6.25. The van der Waals surface area contributed by atoms with Gasteiger partial charge in [-0.25, -0.2) is 14.6 Å². The zero-order chi connectivity index (χ0) is 22.7. The Balaban J connectivity index is 1.48. The molecule has 12 heteroatoms. The molecule has 0 N–H and O–H groups in total. The predicted octanol–water partition coefficient (Wildman–Crippen LogP) is 3.76.